The maximum absolute atomic E-state index is 6.20. The molecule has 0 N–H and O–H groups in total. The molecule has 2 atom stereocenters. The van der Waals surface area contributed by atoms with Crippen LogP contribution < -0.4 is 0 Å². The van der Waals surface area contributed by atoms with Crippen molar-refractivity contribution in [3.8, 4) is 0 Å². The number of benzene rings is 3. The minimum absolute atomic E-state index is 0.134. The van der Waals surface area contributed by atoms with Crippen LogP contribution in [0.5, 0.6) is 0 Å². The molecule has 0 aromatic heterocycles. The van der Waals surface area contributed by atoms with E-state index in [9.17, 15) is 0 Å². The lowest BCUT2D eigenvalue weighted by atomic mass is 9.92. The van der Waals surface area contributed by atoms with Gasteiger partial charge in [-0.1, -0.05) is 78.4 Å². The van der Waals surface area contributed by atoms with Crippen molar-refractivity contribution >= 4 is 17.2 Å². The van der Waals surface area contributed by atoms with Crippen molar-refractivity contribution in [3.63, 3.8) is 0 Å². The summed E-state index contributed by atoms with van der Waals surface area (Å²) in [5.41, 5.74) is 6.54. The van der Waals surface area contributed by atoms with Crippen LogP contribution in [-0.4, -0.2) is 23.9 Å². The van der Waals surface area contributed by atoms with Crippen LogP contribution in [0.15, 0.2) is 101 Å². The SMILES string of the molecule is Cc1ccc(C2=CC(c3ccccc3)=N[C@@H]3OC(c4ccccc4)=N[C@@H]23)cc1. The summed E-state index contributed by atoms with van der Waals surface area (Å²) in [5.74, 6) is 0.659. The fourth-order valence-corrected chi connectivity index (χ4v) is 3.62. The van der Waals surface area contributed by atoms with Gasteiger partial charge < -0.3 is 4.74 Å². The van der Waals surface area contributed by atoms with E-state index in [4.69, 9.17) is 14.7 Å². The van der Waals surface area contributed by atoms with E-state index in [0.29, 0.717) is 5.90 Å². The molecule has 136 valence electrons. The summed E-state index contributed by atoms with van der Waals surface area (Å²) < 4.78 is 6.20. The number of hydrogen-bond acceptors (Lipinski definition) is 3. The van der Waals surface area contributed by atoms with Gasteiger partial charge in [0.05, 0.1) is 5.71 Å². The van der Waals surface area contributed by atoms with Gasteiger partial charge in [0.25, 0.3) is 0 Å². The molecule has 0 radical (unpaired) electrons. The third kappa shape index (κ3) is 3.05. The highest BCUT2D eigenvalue weighted by Crippen LogP contribution is 2.34. The zero-order valence-electron chi connectivity index (χ0n) is 15.6. The van der Waals surface area contributed by atoms with Crippen LogP contribution in [0.25, 0.3) is 5.57 Å². The molecule has 0 spiro atoms. The maximum atomic E-state index is 6.20. The van der Waals surface area contributed by atoms with E-state index in [1.165, 1.54) is 5.56 Å². The molecule has 3 aromatic carbocycles. The lowest BCUT2D eigenvalue weighted by Gasteiger charge is -2.23. The Kier molecular flexibility index (Phi) is 4.13. The first-order valence-electron chi connectivity index (χ1n) is 9.50. The first-order chi connectivity index (χ1) is 13.8. The summed E-state index contributed by atoms with van der Waals surface area (Å²) in [6.45, 7) is 2.10. The summed E-state index contributed by atoms with van der Waals surface area (Å²) >= 11 is 0. The van der Waals surface area contributed by atoms with Crippen molar-refractivity contribution in [2.45, 2.75) is 19.2 Å². The summed E-state index contributed by atoms with van der Waals surface area (Å²) in [5, 5.41) is 0. The smallest absolute Gasteiger partial charge is 0.219 e. The number of hydrogen-bond donors (Lipinski definition) is 0. The van der Waals surface area contributed by atoms with E-state index >= 15 is 0 Å². The molecule has 0 aliphatic carbocycles. The molecule has 28 heavy (non-hydrogen) atoms. The number of fused-ring (bicyclic) bond motifs is 1. The third-order valence-corrected chi connectivity index (χ3v) is 5.11. The van der Waals surface area contributed by atoms with Gasteiger partial charge in [0.15, 0.2) is 0 Å². The summed E-state index contributed by atoms with van der Waals surface area (Å²) in [4.78, 5) is 9.79. The van der Waals surface area contributed by atoms with E-state index in [2.05, 4.69) is 49.4 Å². The fraction of sp³-hybridized carbons (Fsp3) is 0.120. The van der Waals surface area contributed by atoms with Gasteiger partial charge in [-0.15, -0.1) is 0 Å². The first-order valence-corrected chi connectivity index (χ1v) is 9.50. The summed E-state index contributed by atoms with van der Waals surface area (Å²) in [6.07, 6.45) is 1.81. The largest absolute Gasteiger partial charge is 0.449 e. The van der Waals surface area contributed by atoms with E-state index in [1.54, 1.807) is 0 Å². The number of nitrogens with zero attached hydrogens (tertiary/aromatic N) is 2. The molecule has 2 aliphatic heterocycles. The lowest BCUT2D eigenvalue weighted by Crippen LogP contribution is -2.27. The fourth-order valence-electron chi connectivity index (χ4n) is 3.62. The predicted octanol–water partition coefficient (Wildman–Crippen LogP) is 5.05. The molecule has 3 heteroatoms. The minimum Gasteiger partial charge on any atom is -0.449 e. The Labute approximate surface area is 164 Å². The highest BCUT2D eigenvalue weighted by atomic mass is 16.5. The Morgan fingerprint density at radius 3 is 2.00 bits per heavy atom. The average molecular weight is 364 g/mol. The van der Waals surface area contributed by atoms with Crippen LogP contribution in [0, 0.1) is 6.92 Å². The second kappa shape index (κ2) is 6.93. The first kappa shape index (κ1) is 16.7. The number of dihydropyridines is 1. The van der Waals surface area contributed by atoms with Crippen LogP contribution in [0.2, 0.25) is 0 Å². The average Bonchev–Trinajstić information content (AvgIpc) is 3.19. The van der Waals surface area contributed by atoms with Gasteiger partial charge in [0, 0.05) is 5.56 Å². The van der Waals surface area contributed by atoms with Crippen molar-refractivity contribution < 1.29 is 4.74 Å². The molecule has 2 heterocycles. The molecular formula is C25H20N2O. The topological polar surface area (TPSA) is 34.0 Å². The number of aryl methyl sites for hydroxylation is 1. The molecular weight excluding hydrogens is 344 g/mol. The quantitative estimate of drug-likeness (QED) is 0.640. The van der Waals surface area contributed by atoms with Crippen molar-refractivity contribution in [1.82, 2.24) is 0 Å². The second-order valence-corrected chi connectivity index (χ2v) is 7.10. The number of allylic oxidation sites excluding steroid dienone is 1. The molecule has 0 saturated carbocycles. The van der Waals surface area contributed by atoms with E-state index in [0.717, 1.165) is 28.0 Å². The van der Waals surface area contributed by atoms with Gasteiger partial charge in [-0.25, -0.2) is 9.98 Å². The monoisotopic (exact) mass is 364 g/mol. The third-order valence-electron chi connectivity index (χ3n) is 5.11. The van der Waals surface area contributed by atoms with Crippen molar-refractivity contribution in [3.05, 3.63) is 113 Å². The number of aliphatic imine (C=N–C) groups is 2. The van der Waals surface area contributed by atoms with Crippen molar-refractivity contribution in [1.29, 1.82) is 0 Å². The Bertz CT molecular complexity index is 1080. The van der Waals surface area contributed by atoms with Gasteiger partial charge >= 0.3 is 0 Å². The predicted molar refractivity (Wildman–Crippen MR) is 114 cm³/mol. The molecule has 0 unspecified atom stereocenters. The highest BCUT2D eigenvalue weighted by molar-refractivity contribution is 6.14. The molecule has 5 rings (SSSR count). The van der Waals surface area contributed by atoms with Gasteiger partial charge in [-0.3, -0.25) is 0 Å². The Balaban J connectivity index is 1.60. The van der Waals surface area contributed by atoms with E-state index < -0.39 is 0 Å². The molecule has 0 amide bonds. The van der Waals surface area contributed by atoms with E-state index in [1.807, 2.05) is 48.5 Å². The zero-order valence-corrected chi connectivity index (χ0v) is 15.6. The Morgan fingerprint density at radius 2 is 1.32 bits per heavy atom. The van der Waals surface area contributed by atoms with Gasteiger partial charge in [-0.2, -0.15) is 0 Å². The Morgan fingerprint density at radius 1 is 0.679 bits per heavy atom. The Hall–Kier alpha value is -3.46. The minimum atomic E-state index is -0.341. The van der Waals surface area contributed by atoms with E-state index in [-0.39, 0.29) is 12.3 Å². The van der Waals surface area contributed by atoms with Crippen LogP contribution in [-0.2, 0) is 4.74 Å². The molecule has 3 aromatic rings. The van der Waals surface area contributed by atoms with Crippen molar-refractivity contribution in [2.75, 3.05) is 0 Å². The zero-order chi connectivity index (χ0) is 18.9. The maximum Gasteiger partial charge on any atom is 0.219 e. The van der Waals surface area contributed by atoms with Gasteiger partial charge in [0.2, 0.25) is 12.1 Å². The molecule has 2 aliphatic rings. The number of rotatable bonds is 3. The molecule has 0 fully saturated rings. The highest BCUT2D eigenvalue weighted by Gasteiger charge is 2.37. The van der Waals surface area contributed by atoms with Crippen LogP contribution in [0.3, 0.4) is 0 Å². The molecule has 0 bridgehead atoms. The normalized spacial score (nSPS) is 20.5. The summed E-state index contributed by atoms with van der Waals surface area (Å²) in [7, 11) is 0. The lowest BCUT2D eigenvalue weighted by molar-refractivity contribution is 0.218. The number of ether oxygens (including phenoxy) is 1. The van der Waals surface area contributed by atoms with Gasteiger partial charge in [0.1, 0.15) is 6.04 Å². The van der Waals surface area contributed by atoms with Gasteiger partial charge in [-0.05, 0) is 41.8 Å². The summed E-state index contributed by atoms with van der Waals surface area (Å²) in [6, 6.07) is 28.7. The second-order valence-electron chi connectivity index (χ2n) is 7.10. The molecule has 3 nitrogen and oxygen atoms in total. The van der Waals surface area contributed by atoms with Crippen LogP contribution in [0.1, 0.15) is 22.3 Å². The van der Waals surface area contributed by atoms with Crippen molar-refractivity contribution in [2.24, 2.45) is 9.98 Å². The standard InChI is InChI=1S/C25H20N2O/c1-17-12-14-18(15-13-17)21-16-22(19-8-4-2-5-9-19)26-25-23(21)27-24(28-25)20-10-6-3-7-11-20/h2-16,23,25H,1H3/t23-,25+/m0/s1. The van der Waals surface area contributed by atoms with Crippen LogP contribution >= 0.6 is 0 Å². The van der Waals surface area contributed by atoms with Crippen LogP contribution in [0.4, 0.5) is 0 Å². The molecule has 0 saturated heterocycles.